The quantitative estimate of drug-likeness (QED) is 0.787. The molecule has 3 rings (SSSR count). The lowest BCUT2D eigenvalue weighted by atomic mass is 10.2. The molecule has 7 heteroatoms. The van der Waals surface area contributed by atoms with Crippen LogP contribution in [-0.2, 0) is 27.1 Å². The Morgan fingerprint density at radius 1 is 1.10 bits per heavy atom. The number of hydrogen-bond acceptors (Lipinski definition) is 4. The second-order valence-electron chi connectivity index (χ2n) is 5.43. The molecule has 3 heterocycles. The van der Waals surface area contributed by atoms with Gasteiger partial charge in [0, 0.05) is 25.4 Å². The number of fused-ring (bicyclic) bond motifs is 1. The first-order valence-corrected chi connectivity index (χ1v) is 7.10. The van der Waals surface area contributed by atoms with Gasteiger partial charge in [-0.15, -0.1) is 0 Å². The van der Waals surface area contributed by atoms with Crippen LogP contribution in [0.15, 0.2) is 0 Å². The minimum atomic E-state index is 0.523. The number of hydrogen-bond donors (Lipinski definition) is 1. The Morgan fingerprint density at radius 2 is 1.81 bits per heavy atom. The van der Waals surface area contributed by atoms with Gasteiger partial charge in [0.15, 0.2) is 5.65 Å². The van der Waals surface area contributed by atoms with E-state index in [2.05, 4.69) is 29.0 Å². The fraction of sp³-hybridized carbons (Fsp3) is 0.500. The van der Waals surface area contributed by atoms with Gasteiger partial charge >= 0.3 is 0 Å². The summed E-state index contributed by atoms with van der Waals surface area (Å²) < 4.78 is 5.77. The van der Waals surface area contributed by atoms with Crippen molar-refractivity contribution < 1.29 is 0 Å². The van der Waals surface area contributed by atoms with Crippen molar-refractivity contribution in [3.8, 4) is 0 Å². The molecule has 0 saturated heterocycles. The zero-order valence-corrected chi connectivity index (χ0v) is 13.2. The molecule has 0 fully saturated rings. The molecule has 0 aromatic carbocycles. The summed E-state index contributed by atoms with van der Waals surface area (Å²) in [6, 6.07) is 0. The summed E-state index contributed by atoms with van der Waals surface area (Å²) in [5, 5.41) is 8.98. The summed E-state index contributed by atoms with van der Waals surface area (Å²) in [7, 11) is 3.89. The number of aryl methyl sites for hydroxylation is 4. The topological polar surface area (TPSA) is 79.5 Å². The Morgan fingerprint density at radius 3 is 2.38 bits per heavy atom. The highest BCUT2D eigenvalue weighted by molar-refractivity contribution is 5.78. The minimum absolute atomic E-state index is 0.523. The Bertz CT molecular complexity index is 818. The van der Waals surface area contributed by atoms with Crippen molar-refractivity contribution in [2.45, 2.75) is 33.7 Å². The molecule has 0 radical (unpaired) electrons. The average molecular weight is 287 g/mol. The van der Waals surface area contributed by atoms with E-state index in [1.807, 2.05) is 34.9 Å². The van der Waals surface area contributed by atoms with Crippen LogP contribution in [0.2, 0.25) is 0 Å². The van der Waals surface area contributed by atoms with Crippen LogP contribution in [0.5, 0.6) is 0 Å². The number of rotatable bonds is 3. The summed E-state index contributed by atoms with van der Waals surface area (Å²) in [5.41, 5.74) is 12.3. The van der Waals surface area contributed by atoms with Crippen molar-refractivity contribution in [3.63, 3.8) is 0 Å². The first-order chi connectivity index (χ1) is 9.93. The molecule has 3 aromatic rings. The smallest absolute Gasteiger partial charge is 0.202 e. The van der Waals surface area contributed by atoms with E-state index in [0.29, 0.717) is 12.5 Å². The maximum absolute atomic E-state index is 6.13. The van der Waals surface area contributed by atoms with Crippen LogP contribution in [0.3, 0.4) is 0 Å². The van der Waals surface area contributed by atoms with Gasteiger partial charge in [0.05, 0.1) is 17.9 Å². The van der Waals surface area contributed by atoms with E-state index in [4.69, 9.17) is 5.73 Å². The van der Waals surface area contributed by atoms with Gasteiger partial charge in [0.25, 0.3) is 0 Å². The molecule has 0 atom stereocenters. The number of anilines is 1. The van der Waals surface area contributed by atoms with Gasteiger partial charge in [-0.3, -0.25) is 13.9 Å². The summed E-state index contributed by atoms with van der Waals surface area (Å²) in [5.74, 6) is 0.523. The molecule has 7 nitrogen and oxygen atoms in total. The highest BCUT2D eigenvalue weighted by Crippen LogP contribution is 2.24. The average Bonchev–Trinajstić information content (AvgIpc) is 2.99. The fourth-order valence-corrected chi connectivity index (χ4v) is 2.86. The van der Waals surface area contributed by atoms with E-state index < -0.39 is 0 Å². The number of nitrogen functional groups attached to an aromatic ring is 1. The summed E-state index contributed by atoms with van der Waals surface area (Å²) in [4.78, 5) is 4.50. The second-order valence-corrected chi connectivity index (χ2v) is 5.43. The molecule has 0 spiro atoms. The maximum Gasteiger partial charge on any atom is 0.202 e. The highest BCUT2D eigenvalue weighted by Gasteiger charge is 2.19. The third-order valence-electron chi connectivity index (χ3n) is 4.13. The standard InChI is InChI=1S/C14H21N7/c1-6-11-12-13(20(5)18-11)21(14(15)16-12)7-10-8(2)17-19(4)9(10)3/h6-7H2,1-5H3,(H2,15,16). The molecule has 0 aliphatic heterocycles. The van der Waals surface area contributed by atoms with Crippen LogP contribution in [0.1, 0.15) is 29.6 Å². The van der Waals surface area contributed by atoms with E-state index >= 15 is 0 Å². The zero-order valence-electron chi connectivity index (χ0n) is 13.2. The predicted octanol–water partition coefficient (Wildman–Crippen LogP) is 1.31. The number of nitrogens with two attached hydrogens (primary N) is 1. The molecular formula is C14H21N7. The lowest BCUT2D eigenvalue weighted by molar-refractivity contribution is 0.712. The molecular weight excluding hydrogens is 266 g/mol. The molecule has 0 amide bonds. The van der Waals surface area contributed by atoms with Gasteiger partial charge < -0.3 is 5.73 Å². The molecule has 0 aliphatic carbocycles. The Kier molecular flexibility index (Phi) is 3.00. The zero-order chi connectivity index (χ0) is 15.3. The van der Waals surface area contributed by atoms with Crippen molar-refractivity contribution in [3.05, 3.63) is 22.6 Å². The molecule has 112 valence electrons. The Labute approximate surface area is 123 Å². The normalized spacial score (nSPS) is 11.7. The van der Waals surface area contributed by atoms with Gasteiger partial charge in [-0.05, 0) is 20.3 Å². The second kappa shape index (κ2) is 4.61. The van der Waals surface area contributed by atoms with Crippen molar-refractivity contribution in [1.82, 2.24) is 29.1 Å². The van der Waals surface area contributed by atoms with Crippen molar-refractivity contribution in [1.29, 1.82) is 0 Å². The van der Waals surface area contributed by atoms with E-state index in [0.717, 1.165) is 34.7 Å². The van der Waals surface area contributed by atoms with Gasteiger partial charge in [-0.2, -0.15) is 10.2 Å². The molecule has 2 N–H and O–H groups in total. The number of nitrogens with zero attached hydrogens (tertiary/aromatic N) is 6. The number of aromatic nitrogens is 6. The van der Waals surface area contributed by atoms with Crippen molar-refractivity contribution in [2.75, 3.05) is 5.73 Å². The predicted molar refractivity (Wildman–Crippen MR) is 82.1 cm³/mol. The lowest BCUT2D eigenvalue weighted by Gasteiger charge is -2.07. The maximum atomic E-state index is 6.13. The van der Waals surface area contributed by atoms with Crippen molar-refractivity contribution >= 4 is 17.1 Å². The fourth-order valence-electron chi connectivity index (χ4n) is 2.86. The molecule has 0 aliphatic rings. The summed E-state index contributed by atoms with van der Waals surface area (Å²) in [6.45, 7) is 6.83. The monoisotopic (exact) mass is 287 g/mol. The Hall–Kier alpha value is -2.31. The van der Waals surface area contributed by atoms with Crippen LogP contribution >= 0.6 is 0 Å². The van der Waals surface area contributed by atoms with Crippen molar-refractivity contribution in [2.24, 2.45) is 14.1 Å². The van der Waals surface area contributed by atoms with Gasteiger partial charge in [0.1, 0.15) is 5.52 Å². The van der Waals surface area contributed by atoms with Crippen LogP contribution in [0.4, 0.5) is 5.95 Å². The van der Waals surface area contributed by atoms with E-state index in [-0.39, 0.29) is 0 Å². The first kappa shape index (κ1) is 13.7. The van der Waals surface area contributed by atoms with Gasteiger partial charge in [0.2, 0.25) is 5.95 Å². The third kappa shape index (κ3) is 1.91. The Balaban J connectivity index is 2.16. The SMILES string of the molecule is CCc1nn(C)c2c1nc(N)n2Cc1c(C)nn(C)c1C. The molecule has 21 heavy (non-hydrogen) atoms. The van der Waals surface area contributed by atoms with Crippen LogP contribution < -0.4 is 5.73 Å². The third-order valence-corrected chi connectivity index (χ3v) is 4.13. The van der Waals surface area contributed by atoms with E-state index in [9.17, 15) is 0 Å². The molecule has 0 unspecified atom stereocenters. The van der Waals surface area contributed by atoms with E-state index in [1.54, 1.807) is 0 Å². The first-order valence-electron chi connectivity index (χ1n) is 7.10. The summed E-state index contributed by atoms with van der Waals surface area (Å²) >= 11 is 0. The van der Waals surface area contributed by atoms with Gasteiger partial charge in [-0.1, -0.05) is 6.92 Å². The lowest BCUT2D eigenvalue weighted by Crippen LogP contribution is -2.09. The van der Waals surface area contributed by atoms with E-state index in [1.165, 1.54) is 5.56 Å². The minimum Gasteiger partial charge on any atom is -0.369 e. The summed E-state index contributed by atoms with van der Waals surface area (Å²) in [6.07, 6.45) is 0.846. The van der Waals surface area contributed by atoms with Crippen LogP contribution in [0.25, 0.3) is 11.2 Å². The van der Waals surface area contributed by atoms with Crippen LogP contribution in [-0.4, -0.2) is 29.1 Å². The van der Waals surface area contributed by atoms with Gasteiger partial charge in [-0.25, -0.2) is 4.98 Å². The molecule has 0 saturated carbocycles. The number of imidazole rings is 1. The molecule has 3 aromatic heterocycles. The highest BCUT2D eigenvalue weighted by atomic mass is 15.4. The largest absolute Gasteiger partial charge is 0.369 e. The van der Waals surface area contributed by atoms with Crippen LogP contribution in [0, 0.1) is 13.8 Å². The molecule has 0 bridgehead atoms.